The maximum Gasteiger partial charge on any atom is 0.242 e. The van der Waals surface area contributed by atoms with Crippen LogP contribution < -0.4 is 0 Å². The van der Waals surface area contributed by atoms with E-state index in [1.807, 2.05) is 12.1 Å². The first-order chi connectivity index (χ1) is 7.03. The summed E-state index contributed by atoms with van der Waals surface area (Å²) < 4.78 is 0. The average molecular weight is 205 g/mol. The summed E-state index contributed by atoms with van der Waals surface area (Å²) in [5, 5.41) is 17.4. The predicted molar refractivity (Wildman–Crippen MR) is 54.4 cm³/mol. The molecule has 4 nitrogen and oxygen atoms in total. The van der Waals surface area contributed by atoms with E-state index in [0.717, 1.165) is 12.8 Å². The molecule has 0 aromatic heterocycles. The molecule has 1 amide bonds. The van der Waals surface area contributed by atoms with Crippen LogP contribution in [0.4, 0.5) is 0 Å². The minimum atomic E-state index is -0.974. The second-order valence-electron chi connectivity index (χ2n) is 4.37. The first-order valence-electron chi connectivity index (χ1n) is 5.12. The predicted octanol–water partition coefficient (Wildman–Crippen LogP) is 1.44. The molecule has 0 N–H and O–H groups in total. The average Bonchev–Trinajstić information content (AvgIpc) is 3.02. The molecule has 0 aromatic rings. The summed E-state index contributed by atoms with van der Waals surface area (Å²) >= 11 is 0. The van der Waals surface area contributed by atoms with Crippen molar-refractivity contribution in [3.63, 3.8) is 0 Å². The molecule has 0 bridgehead atoms. The number of carbonyl (C=O) groups excluding carboxylic acids is 1. The highest BCUT2D eigenvalue weighted by molar-refractivity contribution is 5.85. The molecule has 0 unspecified atom stereocenters. The first-order valence-corrected chi connectivity index (χ1v) is 5.12. The number of nitrogens with zero attached hydrogens (tertiary/aromatic N) is 3. The Kier molecular flexibility index (Phi) is 3.31. The van der Waals surface area contributed by atoms with Gasteiger partial charge in [-0.3, -0.25) is 4.79 Å². The van der Waals surface area contributed by atoms with Crippen molar-refractivity contribution in [3.8, 4) is 12.1 Å². The molecule has 80 valence electrons. The minimum absolute atomic E-state index is 0.150. The lowest BCUT2D eigenvalue weighted by molar-refractivity contribution is -0.138. The van der Waals surface area contributed by atoms with Crippen molar-refractivity contribution < 1.29 is 4.79 Å². The van der Waals surface area contributed by atoms with E-state index in [9.17, 15) is 4.79 Å². The molecule has 0 aromatic carbocycles. The Balaban J connectivity index is 2.69. The van der Waals surface area contributed by atoms with Gasteiger partial charge in [-0.15, -0.1) is 0 Å². The van der Waals surface area contributed by atoms with Crippen LogP contribution in [0.3, 0.4) is 0 Å². The van der Waals surface area contributed by atoms with Crippen molar-refractivity contribution in [3.05, 3.63) is 0 Å². The standard InChI is InChI=1S/C11H15N3O/c1-11(2,8-13)10(15)14(7-3-6-12)9-4-5-9/h9H,3-5,7H2,1-2H3. The molecule has 0 spiro atoms. The fraction of sp³-hybridized carbons (Fsp3) is 0.727. The van der Waals surface area contributed by atoms with Gasteiger partial charge in [0, 0.05) is 12.6 Å². The Hall–Kier alpha value is -1.55. The summed E-state index contributed by atoms with van der Waals surface area (Å²) in [6.45, 7) is 3.69. The van der Waals surface area contributed by atoms with Crippen molar-refractivity contribution in [1.82, 2.24) is 4.90 Å². The molecule has 1 saturated carbocycles. The highest BCUT2D eigenvalue weighted by Gasteiger charge is 2.39. The van der Waals surface area contributed by atoms with Crippen LogP contribution >= 0.6 is 0 Å². The number of rotatable bonds is 4. The van der Waals surface area contributed by atoms with Crippen LogP contribution in [0.1, 0.15) is 33.1 Å². The zero-order chi connectivity index (χ0) is 11.5. The van der Waals surface area contributed by atoms with E-state index < -0.39 is 5.41 Å². The lowest BCUT2D eigenvalue weighted by atomic mass is 9.93. The number of hydrogen-bond donors (Lipinski definition) is 0. The summed E-state index contributed by atoms with van der Waals surface area (Å²) in [4.78, 5) is 13.7. The van der Waals surface area contributed by atoms with Crippen LogP contribution in [0.2, 0.25) is 0 Å². The monoisotopic (exact) mass is 205 g/mol. The smallest absolute Gasteiger partial charge is 0.242 e. The normalized spacial score (nSPS) is 15.2. The van der Waals surface area contributed by atoms with Crippen molar-refractivity contribution in [2.75, 3.05) is 6.54 Å². The van der Waals surface area contributed by atoms with Gasteiger partial charge in [-0.1, -0.05) is 0 Å². The number of hydrogen-bond acceptors (Lipinski definition) is 3. The Morgan fingerprint density at radius 3 is 2.47 bits per heavy atom. The molecule has 0 aliphatic heterocycles. The largest absolute Gasteiger partial charge is 0.337 e. The van der Waals surface area contributed by atoms with Gasteiger partial charge in [0.05, 0.1) is 18.6 Å². The summed E-state index contributed by atoms with van der Waals surface area (Å²) in [7, 11) is 0. The Morgan fingerprint density at radius 1 is 1.47 bits per heavy atom. The van der Waals surface area contributed by atoms with Gasteiger partial charge in [-0.2, -0.15) is 10.5 Å². The van der Waals surface area contributed by atoms with E-state index in [4.69, 9.17) is 10.5 Å². The van der Waals surface area contributed by atoms with Crippen molar-refractivity contribution in [1.29, 1.82) is 10.5 Å². The highest BCUT2D eigenvalue weighted by atomic mass is 16.2. The molecule has 1 aliphatic rings. The number of amides is 1. The van der Waals surface area contributed by atoms with Gasteiger partial charge >= 0.3 is 0 Å². The highest BCUT2D eigenvalue weighted by Crippen LogP contribution is 2.30. The van der Waals surface area contributed by atoms with Gasteiger partial charge in [0.15, 0.2) is 0 Å². The maximum absolute atomic E-state index is 12.0. The second kappa shape index (κ2) is 4.31. The second-order valence-corrected chi connectivity index (χ2v) is 4.37. The summed E-state index contributed by atoms with van der Waals surface area (Å²) in [5.41, 5.74) is -0.974. The lowest BCUT2D eigenvalue weighted by Crippen LogP contribution is -2.42. The third-order valence-electron chi connectivity index (χ3n) is 2.53. The molecule has 1 rings (SSSR count). The van der Waals surface area contributed by atoms with Gasteiger partial charge in [0.25, 0.3) is 0 Å². The topological polar surface area (TPSA) is 67.9 Å². The number of carbonyl (C=O) groups is 1. The molecule has 0 atom stereocenters. The van der Waals surface area contributed by atoms with Crippen LogP contribution in [0.15, 0.2) is 0 Å². The minimum Gasteiger partial charge on any atom is -0.337 e. The molecular formula is C11H15N3O. The zero-order valence-corrected chi connectivity index (χ0v) is 9.16. The molecule has 0 radical (unpaired) electrons. The maximum atomic E-state index is 12.0. The van der Waals surface area contributed by atoms with Crippen LogP contribution in [-0.4, -0.2) is 23.4 Å². The van der Waals surface area contributed by atoms with E-state index in [1.54, 1.807) is 18.7 Å². The van der Waals surface area contributed by atoms with Crippen LogP contribution in [0, 0.1) is 28.1 Å². The molecule has 4 heteroatoms. The fourth-order valence-electron chi connectivity index (χ4n) is 1.41. The van der Waals surface area contributed by atoms with E-state index in [2.05, 4.69) is 0 Å². The zero-order valence-electron chi connectivity index (χ0n) is 9.16. The Morgan fingerprint density at radius 2 is 2.07 bits per heavy atom. The molecule has 1 aliphatic carbocycles. The molecule has 0 saturated heterocycles. The SMILES string of the molecule is CC(C)(C#N)C(=O)N(CCC#N)C1CC1. The van der Waals surface area contributed by atoms with Crippen LogP contribution in [0.25, 0.3) is 0 Å². The molecular weight excluding hydrogens is 190 g/mol. The summed E-state index contributed by atoms with van der Waals surface area (Å²) in [5.74, 6) is -0.150. The third kappa shape index (κ3) is 2.70. The quantitative estimate of drug-likeness (QED) is 0.697. The number of nitriles is 2. The lowest BCUT2D eigenvalue weighted by Gasteiger charge is -2.27. The Bertz CT molecular complexity index is 331. The molecule has 15 heavy (non-hydrogen) atoms. The molecule has 0 heterocycles. The summed E-state index contributed by atoms with van der Waals surface area (Å²) in [6.07, 6.45) is 2.33. The van der Waals surface area contributed by atoms with Crippen LogP contribution in [-0.2, 0) is 4.79 Å². The van der Waals surface area contributed by atoms with Gasteiger partial charge in [0.2, 0.25) is 5.91 Å². The van der Waals surface area contributed by atoms with E-state index >= 15 is 0 Å². The Labute approximate surface area is 90.1 Å². The van der Waals surface area contributed by atoms with Gasteiger partial charge < -0.3 is 4.90 Å². The van der Waals surface area contributed by atoms with Gasteiger partial charge in [-0.05, 0) is 26.7 Å². The van der Waals surface area contributed by atoms with Crippen molar-refractivity contribution in [2.24, 2.45) is 5.41 Å². The van der Waals surface area contributed by atoms with Crippen molar-refractivity contribution >= 4 is 5.91 Å². The van der Waals surface area contributed by atoms with Gasteiger partial charge in [0.1, 0.15) is 5.41 Å². The van der Waals surface area contributed by atoms with Crippen LogP contribution in [0.5, 0.6) is 0 Å². The molecule has 1 fully saturated rings. The third-order valence-corrected chi connectivity index (χ3v) is 2.53. The van der Waals surface area contributed by atoms with Crippen molar-refractivity contribution in [2.45, 2.75) is 39.2 Å². The van der Waals surface area contributed by atoms with E-state index in [-0.39, 0.29) is 11.9 Å². The first kappa shape index (κ1) is 11.5. The van der Waals surface area contributed by atoms with Gasteiger partial charge in [-0.25, -0.2) is 0 Å². The van der Waals surface area contributed by atoms with E-state index in [0.29, 0.717) is 13.0 Å². The summed E-state index contributed by atoms with van der Waals surface area (Å²) in [6, 6.07) is 4.30. The van der Waals surface area contributed by atoms with E-state index in [1.165, 1.54) is 0 Å². The fourth-order valence-corrected chi connectivity index (χ4v) is 1.41.